The first-order valence-corrected chi connectivity index (χ1v) is 7.52. The van der Waals surface area contributed by atoms with Crippen LogP contribution in [0.1, 0.15) is 10.4 Å². The predicted octanol–water partition coefficient (Wildman–Crippen LogP) is 1.60. The van der Waals surface area contributed by atoms with Crippen LogP contribution >= 0.6 is 10.7 Å². The first-order chi connectivity index (χ1) is 9.23. The molecule has 0 saturated carbocycles. The van der Waals surface area contributed by atoms with Gasteiger partial charge in [0.15, 0.2) is 0 Å². The van der Waals surface area contributed by atoms with Gasteiger partial charge in [0.2, 0.25) is 0 Å². The van der Waals surface area contributed by atoms with E-state index in [1.54, 1.807) is 0 Å². The largest absolute Gasteiger partial charge is 0.465 e. The number of carbonyl (C=O) groups is 2. The second-order valence-corrected chi connectivity index (χ2v) is 6.12. The number of nitrogens with zero attached hydrogens (tertiary/aromatic N) is 1. The van der Waals surface area contributed by atoms with Gasteiger partial charge in [-0.2, -0.15) is 0 Å². The van der Waals surface area contributed by atoms with E-state index in [9.17, 15) is 18.0 Å². The minimum Gasteiger partial charge on any atom is -0.465 e. The highest BCUT2D eigenvalue weighted by Crippen LogP contribution is 2.31. The molecule has 0 aromatic heterocycles. The molecule has 7 nitrogen and oxygen atoms in total. The number of carbonyl (C=O) groups excluding carboxylic acids is 2. The average Bonchev–Trinajstić information content (AvgIpc) is 2.42. The zero-order valence-electron chi connectivity index (χ0n) is 10.9. The Labute approximate surface area is 120 Å². The van der Waals surface area contributed by atoms with E-state index in [-0.39, 0.29) is 11.3 Å². The molecule has 0 spiro atoms. The second kappa shape index (κ2) is 6.10. The average molecular weight is 322 g/mol. The van der Waals surface area contributed by atoms with E-state index in [4.69, 9.17) is 10.7 Å². The summed E-state index contributed by atoms with van der Waals surface area (Å²) >= 11 is 0. The molecule has 0 bridgehead atoms. The maximum atomic E-state index is 11.7. The summed E-state index contributed by atoms with van der Waals surface area (Å²) in [6.07, 6.45) is -0.811. The summed E-state index contributed by atoms with van der Waals surface area (Å²) in [6, 6.07) is 3.95. The third-order valence-electron chi connectivity index (χ3n) is 2.45. The lowest BCUT2D eigenvalue weighted by molar-refractivity contribution is 0.0596. The van der Waals surface area contributed by atoms with Gasteiger partial charge in [-0.15, -0.1) is 0 Å². The smallest absolute Gasteiger partial charge is 0.413 e. The number of amides is 1. The fourth-order valence-electron chi connectivity index (χ4n) is 1.55. The summed E-state index contributed by atoms with van der Waals surface area (Å²) in [7, 11) is 4.59. The number of halogens is 1. The second-order valence-electron chi connectivity index (χ2n) is 3.61. The molecule has 0 fully saturated rings. The minimum absolute atomic E-state index is 0.0882. The van der Waals surface area contributed by atoms with Crippen molar-refractivity contribution in [2.45, 2.75) is 4.90 Å². The zero-order chi connectivity index (χ0) is 15.5. The summed E-state index contributed by atoms with van der Waals surface area (Å²) in [6.45, 7) is 0. The standard InChI is InChI=1S/C11H12ClNO6S/c1-13(11(15)19-3)8-6-4-5-7(10(14)18-2)9(8)20(12,16)17/h4-6H,1-3H3. The third-order valence-corrected chi connectivity index (χ3v) is 3.83. The van der Waals surface area contributed by atoms with Crippen molar-refractivity contribution in [1.29, 1.82) is 0 Å². The molecule has 20 heavy (non-hydrogen) atoms. The van der Waals surface area contributed by atoms with Gasteiger partial charge in [-0.1, -0.05) is 6.07 Å². The zero-order valence-corrected chi connectivity index (χ0v) is 12.5. The number of methoxy groups -OCH3 is 2. The van der Waals surface area contributed by atoms with Crippen LogP contribution in [0, 0.1) is 0 Å². The van der Waals surface area contributed by atoms with E-state index in [0.717, 1.165) is 19.1 Å². The van der Waals surface area contributed by atoms with Crippen molar-refractivity contribution in [2.24, 2.45) is 0 Å². The fourth-order valence-corrected chi connectivity index (χ4v) is 2.91. The number of hydrogen-bond donors (Lipinski definition) is 0. The predicted molar refractivity (Wildman–Crippen MR) is 71.6 cm³/mol. The van der Waals surface area contributed by atoms with Gasteiger partial charge >= 0.3 is 12.1 Å². The monoisotopic (exact) mass is 321 g/mol. The van der Waals surface area contributed by atoms with Gasteiger partial charge in [0.1, 0.15) is 4.90 Å². The van der Waals surface area contributed by atoms with Gasteiger partial charge in [0.25, 0.3) is 9.05 Å². The Hall–Kier alpha value is -1.80. The van der Waals surface area contributed by atoms with E-state index >= 15 is 0 Å². The van der Waals surface area contributed by atoms with Crippen molar-refractivity contribution in [3.8, 4) is 0 Å². The Morgan fingerprint density at radius 1 is 1.20 bits per heavy atom. The van der Waals surface area contributed by atoms with Gasteiger partial charge < -0.3 is 9.47 Å². The Bertz CT molecular complexity index is 642. The number of esters is 1. The molecule has 1 rings (SSSR count). The lowest BCUT2D eigenvalue weighted by Crippen LogP contribution is -2.28. The van der Waals surface area contributed by atoms with Gasteiger partial charge in [-0.25, -0.2) is 18.0 Å². The summed E-state index contributed by atoms with van der Waals surface area (Å²) in [5.74, 6) is -0.885. The number of benzene rings is 1. The van der Waals surface area contributed by atoms with E-state index in [0.29, 0.717) is 0 Å². The maximum absolute atomic E-state index is 11.7. The number of anilines is 1. The van der Waals surface area contributed by atoms with Gasteiger partial charge in [0.05, 0.1) is 25.5 Å². The molecule has 0 aliphatic rings. The Morgan fingerprint density at radius 3 is 2.25 bits per heavy atom. The quantitative estimate of drug-likeness (QED) is 0.620. The van der Waals surface area contributed by atoms with Crippen molar-refractivity contribution >= 4 is 37.5 Å². The van der Waals surface area contributed by atoms with Crippen molar-refractivity contribution in [3.05, 3.63) is 23.8 Å². The maximum Gasteiger partial charge on any atom is 0.413 e. The Balaban J connectivity index is 3.62. The van der Waals surface area contributed by atoms with Crippen LogP contribution in [-0.4, -0.2) is 41.7 Å². The van der Waals surface area contributed by atoms with Crippen molar-refractivity contribution < 1.29 is 27.5 Å². The summed E-state index contributed by atoms with van der Waals surface area (Å²) in [4.78, 5) is 23.5. The molecule has 1 aromatic rings. The molecule has 0 N–H and O–H groups in total. The molecule has 0 aliphatic heterocycles. The molecule has 0 heterocycles. The number of rotatable bonds is 3. The van der Waals surface area contributed by atoms with Crippen LogP contribution in [0.3, 0.4) is 0 Å². The Morgan fingerprint density at radius 2 is 1.80 bits per heavy atom. The van der Waals surface area contributed by atoms with E-state index < -0.39 is 26.0 Å². The van der Waals surface area contributed by atoms with Gasteiger partial charge in [0, 0.05) is 17.7 Å². The Kier molecular flexibility index (Phi) is 4.96. The lowest BCUT2D eigenvalue weighted by atomic mass is 10.2. The summed E-state index contributed by atoms with van der Waals surface area (Å²) in [5.41, 5.74) is -0.356. The SMILES string of the molecule is COC(=O)c1cccc(N(C)C(=O)OC)c1S(=O)(=O)Cl. The molecule has 1 aromatic carbocycles. The number of hydrogen-bond acceptors (Lipinski definition) is 6. The first kappa shape index (κ1) is 16.3. The van der Waals surface area contributed by atoms with Crippen LogP contribution in [0.5, 0.6) is 0 Å². The van der Waals surface area contributed by atoms with Gasteiger partial charge in [-0.05, 0) is 12.1 Å². The highest BCUT2D eigenvalue weighted by Gasteiger charge is 2.28. The van der Waals surface area contributed by atoms with Crippen LogP contribution in [-0.2, 0) is 18.5 Å². The third kappa shape index (κ3) is 3.20. The number of ether oxygens (including phenoxy) is 2. The molecule has 0 aliphatic carbocycles. The molecule has 0 atom stereocenters. The van der Waals surface area contributed by atoms with Crippen LogP contribution < -0.4 is 4.90 Å². The molecule has 0 saturated heterocycles. The lowest BCUT2D eigenvalue weighted by Gasteiger charge is -2.19. The van der Waals surface area contributed by atoms with E-state index in [2.05, 4.69) is 9.47 Å². The van der Waals surface area contributed by atoms with Crippen LogP contribution in [0.4, 0.5) is 10.5 Å². The van der Waals surface area contributed by atoms with E-state index in [1.165, 1.54) is 25.2 Å². The fraction of sp³-hybridized carbons (Fsp3) is 0.273. The molecule has 0 radical (unpaired) electrons. The molecule has 0 unspecified atom stereocenters. The minimum atomic E-state index is -4.28. The first-order valence-electron chi connectivity index (χ1n) is 5.21. The van der Waals surface area contributed by atoms with Crippen LogP contribution in [0.2, 0.25) is 0 Å². The highest BCUT2D eigenvalue weighted by atomic mass is 35.7. The molecular formula is C11H12ClNO6S. The molecule has 110 valence electrons. The summed E-state index contributed by atoms with van der Waals surface area (Å²) < 4.78 is 32.4. The molecule has 9 heteroatoms. The highest BCUT2D eigenvalue weighted by molar-refractivity contribution is 8.14. The van der Waals surface area contributed by atoms with Crippen LogP contribution in [0.15, 0.2) is 23.1 Å². The van der Waals surface area contributed by atoms with Crippen LogP contribution in [0.25, 0.3) is 0 Å². The molecular weight excluding hydrogens is 310 g/mol. The van der Waals surface area contributed by atoms with Crippen molar-refractivity contribution in [2.75, 3.05) is 26.2 Å². The topological polar surface area (TPSA) is 90.0 Å². The summed E-state index contributed by atoms with van der Waals surface area (Å²) in [5, 5.41) is 0. The van der Waals surface area contributed by atoms with Crippen molar-refractivity contribution in [1.82, 2.24) is 0 Å². The van der Waals surface area contributed by atoms with Gasteiger partial charge in [-0.3, -0.25) is 4.90 Å². The van der Waals surface area contributed by atoms with E-state index in [1.807, 2.05) is 0 Å². The normalized spacial score (nSPS) is 10.8. The van der Waals surface area contributed by atoms with Crippen molar-refractivity contribution in [3.63, 3.8) is 0 Å². The molecule has 1 amide bonds.